The molecule has 0 heterocycles. The number of hydrogen-bond acceptors (Lipinski definition) is 3. The van der Waals surface area contributed by atoms with Crippen LogP contribution in [0.25, 0.3) is 0 Å². The molecule has 2 aromatic carbocycles. The van der Waals surface area contributed by atoms with Crippen LogP contribution in [0.5, 0.6) is 5.75 Å². The normalized spacial score (nSPS) is 12.4. The first-order chi connectivity index (χ1) is 15.9. The number of ether oxygens (including phenoxy) is 2. The summed E-state index contributed by atoms with van der Waals surface area (Å²) in [5, 5.41) is 0. The van der Waals surface area contributed by atoms with Gasteiger partial charge in [0.1, 0.15) is 25.0 Å². The molecule has 4 heteroatoms. The quantitative estimate of drug-likeness (QED) is 0.163. The summed E-state index contributed by atoms with van der Waals surface area (Å²) in [5.74, 6) is 0.651. The van der Waals surface area contributed by atoms with Crippen molar-refractivity contribution in [2.45, 2.75) is 77.9 Å². The molecule has 0 aliphatic carbocycles. The molecule has 182 valence electrons. The summed E-state index contributed by atoms with van der Waals surface area (Å²) in [6, 6.07) is 18.5. The maximum atomic E-state index is 12.4. The number of unbranched alkanes of at least 4 members (excludes halogenated alkanes) is 6. The molecule has 4 nitrogen and oxygen atoms in total. The van der Waals surface area contributed by atoms with E-state index in [4.69, 9.17) is 9.47 Å². The topological polar surface area (TPSA) is 35.5 Å². The first-order valence-corrected chi connectivity index (χ1v) is 12.6. The minimum atomic E-state index is -0.195. The SMILES string of the molecule is CCCCCCCCCc1cccc(OC(C)COC(=O)C[N+](C)(C)Cc2ccccc2)c1. The van der Waals surface area contributed by atoms with Gasteiger partial charge in [0.2, 0.25) is 0 Å². The van der Waals surface area contributed by atoms with Crippen molar-refractivity contribution in [2.75, 3.05) is 27.2 Å². The average molecular weight is 455 g/mol. The summed E-state index contributed by atoms with van der Waals surface area (Å²) >= 11 is 0. The molecule has 2 rings (SSSR count). The van der Waals surface area contributed by atoms with Crippen LogP contribution in [-0.4, -0.2) is 43.8 Å². The van der Waals surface area contributed by atoms with E-state index >= 15 is 0 Å². The average Bonchev–Trinajstić information content (AvgIpc) is 2.77. The second-order valence-corrected chi connectivity index (χ2v) is 9.87. The predicted octanol–water partition coefficient (Wildman–Crippen LogP) is 6.57. The molecule has 0 bridgehead atoms. The third kappa shape index (κ3) is 11.9. The molecule has 0 spiro atoms. The fourth-order valence-corrected chi connectivity index (χ4v) is 4.07. The van der Waals surface area contributed by atoms with E-state index in [-0.39, 0.29) is 18.7 Å². The van der Waals surface area contributed by atoms with Gasteiger partial charge in [-0.15, -0.1) is 0 Å². The van der Waals surface area contributed by atoms with Gasteiger partial charge in [0.05, 0.1) is 14.1 Å². The highest BCUT2D eigenvalue weighted by Gasteiger charge is 2.22. The van der Waals surface area contributed by atoms with Gasteiger partial charge in [0.25, 0.3) is 0 Å². The Morgan fingerprint density at radius 1 is 0.879 bits per heavy atom. The minimum absolute atomic E-state index is 0.187. The van der Waals surface area contributed by atoms with Crippen LogP contribution in [0.2, 0.25) is 0 Å². The van der Waals surface area contributed by atoms with E-state index in [0.717, 1.165) is 18.7 Å². The van der Waals surface area contributed by atoms with Gasteiger partial charge in [-0.25, -0.2) is 4.79 Å². The first-order valence-electron chi connectivity index (χ1n) is 12.6. The largest absolute Gasteiger partial charge is 0.487 e. The molecule has 0 aromatic heterocycles. The van der Waals surface area contributed by atoms with Crippen LogP contribution in [0.4, 0.5) is 0 Å². The maximum absolute atomic E-state index is 12.4. The van der Waals surface area contributed by atoms with Crippen LogP contribution < -0.4 is 4.74 Å². The number of aryl methyl sites for hydroxylation is 1. The monoisotopic (exact) mass is 454 g/mol. The lowest BCUT2D eigenvalue weighted by Gasteiger charge is -2.28. The molecule has 0 aliphatic heterocycles. The van der Waals surface area contributed by atoms with Crippen molar-refractivity contribution in [3.05, 3.63) is 65.7 Å². The van der Waals surface area contributed by atoms with Crippen molar-refractivity contribution < 1.29 is 18.8 Å². The molecule has 0 saturated carbocycles. The molecule has 1 atom stereocenters. The third-order valence-electron chi connectivity index (χ3n) is 5.79. The van der Waals surface area contributed by atoms with Crippen molar-refractivity contribution in [2.24, 2.45) is 0 Å². The van der Waals surface area contributed by atoms with E-state index in [1.165, 1.54) is 56.1 Å². The lowest BCUT2D eigenvalue weighted by atomic mass is 10.0. The standard InChI is InChI=1S/C29H44NO3/c1-5-6-7-8-9-10-12-16-26-19-15-20-28(21-26)33-25(2)24-32-29(31)23-30(3,4)22-27-17-13-11-14-18-27/h11,13-15,17-21,25H,5-10,12,16,22-24H2,1-4H3/q+1. The van der Waals surface area contributed by atoms with Crippen LogP contribution in [0, 0.1) is 0 Å². The van der Waals surface area contributed by atoms with Crippen LogP contribution in [-0.2, 0) is 22.5 Å². The van der Waals surface area contributed by atoms with Crippen molar-refractivity contribution in [3.8, 4) is 5.75 Å². The maximum Gasteiger partial charge on any atom is 0.361 e. The first kappa shape index (κ1) is 26.9. The van der Waals surface area contributed by atoms with Crippen LogP contribution in [0.3, 0.4) is 0 Å². The molecule has 33 heavy (non-hydrogen) atoms. The second kappa shape index (κ2) is 14.7. The second-order valence-electron chi connectivity index (χ2n) is 9.87. The Morgan fingerprint density at radius 2 is 1.55 bits per heavy atom. The van der Waals surface area contributed by atoms with Gasteiger partial charge >= 0.3 is 5.97 Å². The molecule has 0 fully saturated rings. The van der Waals surface area contributed by atoms with Gasteiger partial charge in [-0.3, -0.25) is 0 Å². The van der Waals surface area contributed by atoms with E-state index in [9.17, 15) is 4.79 Å². The van der Waals surface area contributed by atoms with Crippen molar-refractivity contribution in [1.29, 1.82) is 0 Å². The summed E-state index contributed by atoms with van der Waals surface area (Å²) in [6.07, 6.45) is 10.1. The van der Waals surface area contributed by atoms with E-state index in [1.54, 1.807) is 0 Å². The Morgan fingerprint density at radius 3 is 2.27 bits per heavy atom. The molecule has 1 unspecified atom stereocenters. The zero-order valence-corrected chi connectivity index (χ0v) is 21.2. The van der Waals surface area contributed by atoms with Gasteiger partial charge in [-0.05, 0) is 37.5 Å². The number of benzene rings is 2. The third-order valence-corrected chi connectivity index (χ3v) is 5.79. The fourth-order valence-electron chi connectivity index (χ4n) is 4.07. The molecule has 0 amide bonds. The lowest BCUT2D eigenvalue weighted by molar-refractivity contribution is -0.896. The summed E-state index contributed by atoms with van der Waals surface area (Å²) in [4.78, 5) is 12.4. The van der Waals surface area contributed by atoms with Crippen LogP contribution in [0.1, 0.15) is 69.9 Å². The predicted molar refractivity (Wildman–Crippen MR) is 136 cm³/mol. The fraction of sp³-hybridized carbons (Fsp3) is 0.552. The highest BCUT2D eigenvalue weighted by molar-refractivity contribution is 5.70. The summed E-state index contributed by atoms with van der Waals surface area (Å²) in [7, 11) is 4.09. The number of nitrogens with zero attached hydrogens (tertiary/aromatic N) is 1. The van der Waals surface area contributed by atoms with Crippen molar-refractivity contribution in [3.63, 3.8) is 0 Å². The summed E-state index contributed by atoms with van der Waals surface area (Å²) in [5.41, 5.74) is 2.52. The molecular weight excluding hydrogens is 410 g/mol. The minimum Gasteiger partial charge on any atom is -0.487 e. The number of carbonyl (C=O) groups excluding carboxylic acids is 1. The molecule has 0 radical (unpaired) electrons. The zero-order valence-electron chi connectivity index (χ0n) is 21.2. The smallest absolute Gasteiger partial charge is 0.361 e. The van der Waals surface area contributed by atoms with E-state index in [0.29, 0.717) is 11.0 Å². The van der Waals surface area contributed by atoms with E-state index in [2.05, 4.69) is 31.2 Å². The number of rotatable bonds is 16. The Balaban J connectivity index is 1.68. The summed E-state index contributed by atoms with van der Waals surface area (Å²) in [6.45, 7) is 5.57. The van der Waals surface area contributed by atoms with Crippen molar-refractivity contribution in [1.82, 2.24) is 0 Å². The zero-order chi connectivity index (χ0) is 23.9. The molecule has 0 aliphatic rings. The van der Waals surface area contributed by atoms with E-state index < -0.39 is 0 Å². The van der Waals surface area contributed by atoms with E-state index in [1.807, 2.05) is 51.4 Å². The van der Waals surface area contributed by atoms with Gasteiger partial charge in [-0.1, -0.05) is 87.9 Å². The van der Waals surface area contributed by atoms with Gasteiger partial charge in [-0.2, -0.15) is 0 Å². The van der Waals surface area contributed by atoms with Crippen LogP contribution in [0.15, 0.2) is 54.6 Å². The van der Waals surface area contributed by atoms with Gasteiger partial charge in [0.15, 0.2) is 6.54 Å². The molecule has 0 N–H and O–H groups in total. The highest BCUT2D eigenvalue weighted by Crippen LogP contribution is 2.18. The van der Waals surface area contributed by atoms with Crippen LogP contribution >= 0.6 is 0 Å². The number of hydrogen-bond donors (Lipinski definition) is 0. The van der Waals surface area contributed by atoms with Crippen molar-refractivity contribution >= 4 is 5.97 Å². The molecule has 2 aromatic rings. The number of quaternary nitrogens is 1. The number of likely N-dealkylation sites (N-methyl/N-ethyl adjacent to an activating group) is 1. The Labute approximate surface area is 201 Å². The summed E-state index contributed by atoms with van der Waals surface area (Å²) < 4.78 is 12.1. The molecular formula is C29H44NO3+. The molecule has 0 saturated heterocycles. The van der Waals surface area contributed by atoms with Gasteiger partial charge in [0, 0.05) is 5.56 Å². The Bertz CT molecular complexity index is 804. The number of esters is 1. The lowest BCUT2D eigenvalue weighted by Crippen LogP contribution is -2.44. The Hall–Kier alpha value is -2.33. The Kier molecular flexibility index (Phi) is 12.0. The van der Waals surface area contributed by atoms with Gasteiger partial charge < -0.3 is 14.0 Å². The highest BCUT2D eigenvalue weighted by atomic mass is 16.6. The number of carbonyl (C=O) groups is 1.